The van der Waals surface area contributed by atoms with Crippen molar-refractivity contribution in [3.05, 3.63) is 79.0 Å². The van der Waals surface area contributed by atoms with Gasteiger partial charge in [-0.25, -0.2) is 14.8 Å². The first-order valence-corrected chi connectivity index (χ1v) is 12.0. The maximum atomic E-state index is 13.3. The molecule has 0 unspecified atom stereocenters. The van der Waals surface area contributed by atoms with Crippen molar-refractivity contribution in [2.24, 2.45) is 5.41 Å². The molecule has 0 aliphatic carbocycles. The molecule has 3 heterocycles. The minimum Gasteiger partial charge on any atom is -0.465 e. The number of carboxylic acid groups (broad SMARTS) is 1. The summed E-state index contributed by atoms with van der Waals surface area (Å²) in [5.74, 6) is -0.298. The third-order valence-electron chi connectivity index (χ3n) is 6.23. The molecule has 1 amide bonds. The van der Waals surface area contributed by atoms with Crippen molar-refractivity contribution in [1.29, 1.82) is 0 Å². The van der Waals surface area contributed by atoms with Crippen molar-refractivity contribution in [2.45, 2.75) is 39.7 Å². The van der Waals surface area contributed by atoms with Gasteiger partial charge in [-0.15, -0.1) is 11.3 Å². The van der Waals surface area contributed by atoms with Crippen LogP contribution in [0.3, 0.4) is 0 Å². The number of carbonyl (C=O) groups excluding carboxylic acids is 1. The summed E-state index contributed by atoms with van der Waals surface area (Å²) in [5.41, 5.74) is 1.25. The van der Waals surface area contributed by atoms with Crippen LogP contribution in [0.15, 0.2) is 36.8 Å². The topological polar surface area (TPSA) is 83.4 Å². The lowest BCUT2D eigenvalue weighted by atomic mass is 9.61. The predicted molar refractivity (Wildman–Crippen MR) is 130 cm³/mol. The zero-order valence-electron chi connectivity index (χ0n) is 18.6. The molecule has 33 heavy (non-hydrogen) atoms. The van der Waals surface area contributed by atoms with Crippen LogP contribution in [0.1, 0.15) is 57.6 Å². The molecule has 1 aromatic carbocycles. The monoisotopic (exact) mass is 503 g/mol. The number of fused-ring (bicyclic) bond motifs is 1. The van der Waals surface area contributed by atoms with E-state index in [1.165, 1.54) is 28.8 Å². The van der Waals surface area contributed by atoms with Gasteiger partial charge in [0.1, 0.15) is 17.0 Å². The molecule has 4 rings (SSSR count). The quantitative estimate of drug-likeness (QED) is 0.339. The number of hydrogen-bond acceptors (Lipinski definition) is 5. The molecular weight excluding hydrogens is 481 g/mol. The van der Waals surface area contributed by atoms with E-state index in [2.05, 4.69) is 9.97 Å². The summed E-state index contributed by atoms with van der Waals surface area (Å²) in [6.07, 6.45) is 2.24. The van der Waals surface area contributed by atoms with Gasteiger partial charge < -0.3 is 5.11 Å². The average molecular weight is 504 g/mol. The Kier molecular flexibility index (Phi) is 6.01. The zero-order chi connectivity index (χ0) is 24.1. The zero-order valence-corrected chi connectivity index (χ0v) is 21.0. The van der Waals surface area contributed by atoms with Gasteiger partial charge in [0, 0.05) is 22.6 Å². The van der Waals surface area contributed by atoms with E-state index in [0.717, 1.165) is 21.6 Å². The Morgan fingerprint density at radius 1 is 1.18 bits per heavy atom. The molecule has 1 aliphatic heterocycles. The lowest BCUT2D eigenvalue weighted by molar-refractivity contribution is 0.0195. The van der Waals surface area contributed by atoms with E-state index in [1.807, 2.05) is 45.9 Å². The summed E-state index contributed by atoms with van der Waals surface area (Å²) >= 11 is 13.9. The Morgan fingerprint density at radius 2 is 1.91 bits per heavy atom. The number of ketones is 1. The summed E-state index contributed by atoms with van der Waals surface area (Å²) in [5, 5.41) is 10.9. The van der Waals surface area contributed by atoms with Crippen LogP contribution >= 0.6 is 34.5 Å². The molecule has 1 N–H and O–H groups in total. The van der Waals surface area contributed by atoms with Crippen LogP contribution in [-0.2, 0) is 12.0 Å². The van der Waals surface area contributed by atoms with Crippen LogP contribution in [0.4, 0.5) is 4.79 Å². The molecule has 0 saturated carbocycles. The van der Waals surface area contributed by atoms with Crippen LogP contribution in [0.25, 0.3) is 0 Å². The Morgan fingerprint density at radius 3 is 2.55 bits per heavy atom. The minimum atomic E-state index is -1.05. The molecule has 0 radical (unpaired) electrons. The number of halogens is 2. The second-order valence-corrected chi connectivity index (χ2v) is 11.1. The molecule has 1 atom stereocenters. The molecule has 0 fully saturated rings. The Labute approximate surface area is 206 Å². The van der Waals surface area contributed by atoms with Crippen LogP contribution in [0.2, 0.25) is 10.2 Å². The average Bonchev–Trinajstić information content (AvgIpc) is 3.13. The smallest absolute Gasteiger partial charge is 0.408 e. The molecule has 0 saturated heterocycles. The highest BCUT2D eigenvalue weighted by molar-refractivity contribution is 7.14. The summed E-state index contributed by atoms with van der Waals surface area (Å²) < 4.78 is 0. The Balaban J connectivity index is 2.01. The number of nitrogens with zero attached hydrogens (tertiary/aromatic N) is 3. The van der Waals surface area contributed by atoms with Crippen molar-refractivity contribution in [2.75, 3.05) is 6.54 Å². The highest BCUT2D eigenvalue weighted by atomic mass is 35.5. The van der Waals surface area contributed by atoms with Crippen molar-refractivity contribution >= 4 is 46.4 Å². The van der Waals surface area contributed by atoms with E-state index >= 15 is 0 Å². The lowest BCUT2D eigenvalue weighted by Gasteiger charge is -2.54. The number of rotatable bonds is 3. The number of carbonyl (C=O) groups is 2. The van der Waals surface area contributed by atoms with E-state index in [9.17, 15) is 14.7 Å². The van der Waals surface area contributed by atoms with Gasteiger partial charge in [-0.05, 0) is 53.6 Å². The molecule has 9 heteroatoms. The number of amides is 1. The highest BCUT2D eigenvalue weighted by Gasteiger charge is 2.55. The van der Waals surface area contributed by atoms with Crippen LogP contribution in [0.5, 0.6) is 0 Å². The van der Waals surface area contributed by atoms with E-state index < -0.39 is 17.0 Å². The van der Waals surface area contributed by atoms with E-state index in [4.69, 9.17) is 23.2 Å². The molecule has 0 spiro atoms. The highest BCUT2D eigenvalue weighted by Crippen LogP contribution is 2.55. The number of aromatic nitrogens is 2. The van der Waals surface area contributed by atoms with Gasteiger partial charge in [0.25, 0.3) is 0 Å². The number of hydrogen-bond donors (Lipinski definition) is 1. The fourth-order valence-corrected chi connectivity index (χ4v) is 6.32. The molecule has 0 bridgehead atoms. The predicted octanol–water partition coefficient (Wildman–Crippen LogP) is 6.21. The standard InChI is InChI=1S/C24H23Cl2N3O3S/c1-13-17(10-19(33-13)20(30)16-11-27-12-28-21(16)26)24(23(2,3)4)18-9-15(25)6-5-14(18)7-8-29(24)22(31)32/h5-6,9-12H,7-8H2,1-4H3,(H,31,32)/t24-/m0/s1. The molecule has 3 aromatic rings. The van der Waals surface area contributed by atoms with E-state index in [-0.39, 0.29) is 16.5 Å². The molecule has 172 valence electrons. The maximum absolute atomic E-state index is 13.3. The number of thiophene rings is 1. The fraction of sp³-hybridized carbons (Fsp3) is 0.333. The van der Waals surface area contributed by atoms with Gasteiger partial charge in [-0.2, -0.15) is 0 Å². The Hall–Kier alpha value is -2.48. The van der Waals surface area contributed by atoms with Crippen molar-refractivity contribution in [3.8, 4) is 0 Å². The first kappa shape index (κ1) is 23.7. The van der Waals surface area contributed by atoms with Crippen LogP contribution in [0, 0.1) is 12.3 Å². The molecule has 1 aliphatic rings. The summed E-state index contributed by atoms with van der Waals surface area (Å²) in [7, 11) is 0. The number of benzene rings is 1. The van der Waals surface area contributed by atoms with Gasteiger partial charge in [0.05, 0.1) is 10.4 Å². The summed E-state index contributed by atoms with van der Waals surface area (Å²) in [4.78, 5) is 36.5. The van der Waals surface area contributed by atoms with Gasteiger partial charge in [-0.1, -0.05) is 50.0 Å². The third kappa shape index (κ3) is 3.72. The molecular formula is C24H23Cl2N3O3S. The largest absolute Gasteiger partial charge is 0.465 e. The maximum Gasteiger partial charge on any atom is 0.408 e. The number of aryl methyl sites for hydroxylation is 1. The lowest BCUT2D eigenvalue weighted by Crippen LogP contribution is -2.60. The summed E-state index contributed by atoms with van der Waals surface area (Å²) in [6.45, 7) is 8.28. The van der Waals surface area contributed by atoms with E-state index in [1.54, 1.807) is 6.07 Å². The van der Waals surface area contributed by atoms with Crippen LogP contribution < -0.4 is 0 Å². The van der Waals surface area contributed by atoms with Crippen molar-refractivity contribution < 1.29 is 14.7 Å². The van der Waals surface area contributed by atoms with Gasteiger partial charge >= 0.3 is 6.09 Å². The van der Waals surface area contributed by atoms with Gasteiger partial charge in [0.15, 0.2) is 0 Å². The SMILES string of the molecule is Cc1sc(C(=O)c2cncnc2Cl)cc1[C@@]1(C(C)(C)C)c2cc(Cl)ccc2CCN1C(=O)O. The molecule has 6 nitrogen and oxygen atoms in total. The van der Waals surface area contributed by atoms with Crippen molar-refractivity contribution in [1.82, 2.24) is 14.9 Å². The normalized spacial score (nSPS) is 18.2. The first-order valence-electron chi connectivity index (χ1n) is 10.4. The van der Waals surface area contributed by atoms with Crippen LogP contribution in [-0.4, -0.2) is 38.4 Å². The second-order valence-electron chi connectivity index (χ2n) is 9.08. The minimum absolute atomic E-state index is 0.0788. The fourth-order valence-electron chi connectivity index (χ4n) is 4.94. The Bertz CT molecular complexity index is 1270. The second kappa shape index (κ2) is 8.38. The van der Waals surface area contributed by atoms with Crippen molar-refractivity contribution in [3.63, 3.8) is 0 Å². The van der Waals surface area contributed by atoms with E-state index in [0.29, 0.717) is 22.9 Å². The van der Waals surface area contributed by atoms with Gasteiger partial charge in [0.2, 0.25) is 5.78 Å². The molecule has 2 aromatic heterocycles. The summed E-state index contributed by atoms with van der Waals surface area (Å²) in [6, 6.07) is 7.45. The van der Waals surface area contributed by atoms with Gasteiger partial charge in [-0.3, -0.25) is 9.69 Å². The first-order chi connectivity index (χ1) is 15.5. The third-order valence-corrected chi connectivity index (χ3v) is 7.81.